The molecule has 5 heteroatoms. The van der Waals surface area contributed by atoms with Gasteiger partial charge in [-0.3, -0.25) is 9.89 Å². The number of hydrogen-bond donors (Lipinski definition) is 3. The van der Waals surface area contributed by atoms with Crippen molar-refractivity contribution in [3.8, 4) is 5.75 Å². The standard InChI is InChI=1S/C6H9N3O2/c1-3-5(10)4(9-8-3)6(11)7-2/h10H,1-2H3,(H,7,11)(H,8,9). The van der Waals surface area contributed by atoms with Crippen molar-refractivity contribution in [3.63, 3.8) is 0 Å². The van der Waals surface area contributed by atoms with Gasteiger partial charge in [0.05, 0.1) is 0 Å². The molecule has 60 valence electrons. The second kappa shape index (κ2) is 2.61. The van der Waals surface area contributed by atoms with Crippen LogP contribution in [0.4, 0.5) is 0 Å². The van der Waals surface area contributed by atoms with E-state index in [0.717, 1.165) is 0 Å². The summed E-state index contributed by atoms with van der Waals surface area (Å²) in [4.78, 5) is 10.9. The molecule has 0 saturated heterocycles. The van der Waals surface area contributed by atoms with Crippen molar-refractivity contribution in [1.29, 1.82) is 0 Å². The third kappa shape index (κ3) is 1.17. The molecule has 0 aromatic carbocycles. The normalized spacial score (nSPS) is 9.64. The Balaban J connectivity index is 3.04. The first kappa shape index (κ1) is 7.59. The van der Waals surface area contributed by atoms with Crippen molar-refractivity contribution >= 4 is 5.91 Å². The first-order chi connectivity index (χ1) is 5.16. The molecule has 1 amide bonds. The third-order valence-electron chi connectivity index (χ3n) is 1.37. The number of nitrogens with zero attached hydrogens (tertiary/aromatic N) is 1. The van der Waals surface area contributed by atoms with E-state index in [0.29, 0.717) is 5.69 Å². The minimum absolute atomic E-state index is 0.0932. The van der Waals surface area contributed by atoms with E-state index in [9.17, 15) is 9.90 Å². The predicted octanol–water partition coefficient (Wildman–Crippen LogP) is -0.217. The molecule has 0 saturated carbocycles. The third-order valence-corrected chi connectivity index (χ3v) is 1.37. The number of rotatable bonds is 1. The highest BCUT2D eigenvalue weighted by molar-refractivity contribution is 5.94. The van der Waals surface area contributed by atoms with Crippen LogP contribution in [0.3, 0.4) is 0 Å². The van der Waals surface area contributed by atoms with Crippen molar-refractivity contribution in [2.75, 3.05) is 7.05 Å². The zero-order chi connectivity index (χ0) is 8.43. The Labute approximate surface area is 63.4 Å². The molecule has 0 unspecified atom stereocenters. The van der Waals surface area contributed by atoms with Gasteiger partial charge in [0.15, 0.2) is 11.4 Å². The summed E-state index contributed by atoms with van der Waals surface area (Å²) in [6, 6.07) is 0. The molecule has 0 aliphatic rings. The molecule has 0 bridgehead atoms. The fourth-order valence-electron chi connectivity index (χ4n) is 0.710. The molecule has 11 heavy (non-hydrogen) atoms. The van der Waals surface area contributed by atoms with E-state index in [1.807, 2.05) is 0 Å². The van der Waals surface area contributed by atoms with Crippen LogP contribution < -0.4 is 5.32 Å². The zero-order valence-electron chi connectivity index (χ0n) is 6.30. The minimum Gasteiger partial charge on any atom is -0.504 e. The van der Waals surface area contributed by atoms with Gasteiger partial charge in [-0.2, -0.15) is 5.10 Å². The molecule has 1 aromatic heterocycles. The van der Waals surface area contributed by atoms with Gasteiger partial charge >= 0.3 is 0 Å². The highest BCUT2D eigenvalue weighted by Crippen LogP contribution is 2.17. The second-order valence-electron chi connectivity index (χ2n) is 2.11. The Hall–Kier alpha value is -1.52. The lowest BCUT2D eigenvalue weighted by Gasteiger charge is -1.94. The largest absolute Gasteiger partial charge is 0.504 e. The lowest BCUT2D eigenvalue weighted by molar-refractivity contribution is 0.0955. The van der Waals surface area contributed by atoms with Gasteiger partial charge in [0.25, 0.3) is 5.91 Å². The zero-order valence-corrected chi connectivity index (χ0v) is 6.30. The summed E-state index contributed by atoms with van der Waals surface area (Å²) >= 11 is 0. The van der Waals surface area contributed by atoms with Crippen LogP contribution in [0.25, 0.3) is 0 Å². The second-order valence-corrected chi connectivity index (χ2v) is 2.11. The molecule has 1 heterocycles. The van der Waals surface area contributed by atoms with Crippen molar-refractivity contribution in [2.45, 2.75) is 6.92 Å². The molecule has 0 aliphatic carbocycles. The molecule has 0 fully saturated rings. The Kier molecular flexibility index (Phi) is 1.80. The molecule has 0 spiro atoms. The number of carbonyl (C=O) groups excluding carboxylic acids is 1. The highest BCUT2D eigenvalue weighted by Gasteiger charge is 2.13. The highest BCUT2D eigenvalue weighted by atomic mass is 16.3. The van der Waals surface area contributed by atoms with E-state index in [1.165, 1.54) is 7.05 Å². The fraction of sp³-hybridized carbons (Fsp3) is 0.333. The van der Waals surface area contributed by atoms with Gasteiger partial charge in [-0.15, -0.1) is 0 Å². The lowest BCUT2D eigenvalue weighted by atomic mass is 10.3. The molecular formula is C6H9N3O2. The number of hydrogen-bond acceptors (Lipinski definition) is 3. The Bertz CT molecular complexity index is 279. The molecule has 1 rings (SSSR count). The van der Waals surface area contributed by atoms with Crippen molar-refractivity contribution < 1.29 is 9.90 Å². The Morgan fingerprint density at radius 1 is 1.73 bits per heavy atom. The summed E-state index contributed by atoms with van der Waals surface area (Å²) < 4.78 is 0. The summed E-state index contributed by atoms with van der Waals surface area (Å²) in [5.74, 6) is -0.465. The van der Waals surface area contributed by atoms with Crippen LogP contribution in [0, 0.1) is 6.92 Å². The maximum atomic E-state index is 10.9. The number of nitrogens with one attached hydrogen (secondary N) is 2. The van der Waals surface area contributed by atoms with Crippen molar-refractivity contribution in [3.05, 3.63) is 11.4 Å². The van der Waals surface area contributed by atoms with Crippen LogP contribution in [-0.4, -0.2) is 28.3 Å². The molecule has 0 radical (unpaired) electrons. The van der Waals surface area contributed by atoms with Gasteiger partial charge in [0.2, 0.25) is 0 Å². The maximum absolute atomic E-state index is 10.9. The summed E-state index contributed by atoms with van der Waals surface area (Å²) in [7, 11) is 1.48. The molecular weight excluding hydrogens is 146 g/mol. The molecule has 1 aromatic rings. The van der Waals surface area contributed by atoms with Gasteiger partial charge < -0.3 is 10.4 Å². The van der Waals surface area contributed by atoms with Crippen LogP contribution in [0.5, 0.6) is 5.75 Å². The Morgan fingerprint density at radius 3 is 2.73 bits per heavy atom. The number of aromatic hydroxyl groups is 1. The fourth-order valence-corrected chi connectivity index (χ4v) is 0.710. The average molecular weight is 155 g/mol. The van der Waals surface area contributed by atoms with Crippen LogP contribution in [0.15, 0.2) is 0 Å². The topological polar surface area (TPSA) is 78.0 Å². The van der Waals surface area contributed by atoms with Crippen LogP contribution in [0.2, 0.25) is 0 Å². The number of aryl methyl sites for hydroxylation is 1. The van der Waals surface area contributed by atoms with Gasteiger partial charge in [-0.25, -0.2) is 0 Å². The monoisotopic (exact) mass is 155 g/mol. The molecule has 0 aliphatic heterocycles. The van der Waals surface area contributed by atoms with E-state index in [1.54, 1.807) is 6.92 Å². The quantitative estimate of drug-likeness (QED) is 0.524. The molecule has 3 N–H and O–H groups in total. The van der Waals surface area contributed by atoms with Gasteiger partial charge in [0.1, 0.15) is 5.69 Å². The first-order valence-electron chi connectivity index (χ1n) is 3.12. The number of carbonyl (C=O) groups is 1. The van der Waals surface area contributed by atoms with Crippen LogP contribution in [0.1, 0.15) is 16.2 Å². The van der Waals surface area contributed by atoms with E-state index >= 15 is 0 Å². The van der Waals surface area contributed by atoms with Crippen molar-refractivity contribution in [2.24, 2.45) is 0 Å². The van der Waals surface area contributed by atoms with Crippen molar-refractivity contribution in [1.82, 2.24) is 15.5 Å². The van der Waals surface area contributed by atoms with Crippen LogP contribution >= 0.6 is 0 Å². The minimum atomic E-state index is -0.372. The van der Waals surface area contributed by atoms with Crippen LogP contribution in [-0.2, 0) is 0 Å². The average Bonchev–Trinajstić information content (AvgIpc) is 2.32. The first-order valence-corrected chi connectivity index (χ1v) is 3.12. The maximum Gasteiger partial charge on any atom is 0.272 e. The number of amides is 1. The van der Waals surface area contributed by atoms with Gasteiger partial charge in [-0.1, -0.05) is 0 Å². The van der Waals surface area contributed by atoms with Gasteiger partial charge in [-0.05, 0) is 6.92 Å². The summed E-state index contributed by atoms with van der Waals surface area (Å²) in [5.41, 5.74) is 0.522. The van der Waals surface area contributed by atoms with Gasteiger partial charge in [0, 0.05) is 7.05 Å². The number of H-pyrrole nitrogens is 1. The predicted molar refractivity (Wildman–Crippen MR) is 38.4 cm³/mol. The summed E-state index contributed by atoms with van der Waals surface area (Å²) in [6.07, 6.45) is 0. The molecule has 0 atom stereocenters. The lowest BCUT2D eigenvalue weighted by Crippen LogP contribution is -2.18. The summed E-state index contributed by atoms with van der Waals surface area (Å²) in [5, 5.41) is 17.6. The van der Waals surface area contributed by atoms with E-state index in [4.69, 9.17) is 0 Å². The summed E-state index contributed by atoms with van der Waals surface area (Å²) in [6.45, 7) is 1.61. The smallest absolute Gasteiger partial charge is 0.272 e. The number of aromatic amines is 1. The van der Waals surface area contributed by atoms with E-state index in [2.05, 4.69) is 15.5 Å². The van der Waals surface area contributed by atoms with E-state index in [-0.39, 0.29) is 17.4 Å². The SMILES string of the molecule is CNC(=O)c1[nH]nc(C)c1O. The number of aromatic nitrogens is 2. The Morgan fingerprint density at radius 2 is 2.36 bits per heavy atom. The molecule has 5 nitrogen and oxygen atoms in total. The van der Waals surface area contributed by atoms with E-state index < -0.39 is 0 Å².